The number of nitrogens with one attached hydrogen (secondary N) is 1. The zero-order valence-electron chi connectivity index (χ0n) is 18.7. The molecule has 0 amide bonds. The Morgan fingerprint density at radius 3 is 2.65 bits per heavy atom. The van der Waals surface area contributed by atoms with Crippen LogP contribution < -0.4 is 15.0 Å². The van der Waals surface area contributed by atoms with Gasteiger partial charge in [0.25, 0.3) is 0 Å². The molecule has 1 saturated heterocycles. The predicted octanol–water partition coefficient (Wildman–Crippen LogP) is 4.74. The molecule has 1 fully saturated rings. The summed E-state index contributed by atoms with van der Waals surface area (Å²) in [7, 11) is 1.57. The molecular formula is C24H26Cl2FN5O2. The molecule has 0 saturated carbocycles. The molecular weight excluding hydrogens is 480 g/mol. The van der Waals surface area contributed by atoms with Crippen molar-refractivity contribution in [2.45, 2.75) is 25.6 Å². The summed E-state index contributed by atoms with van der Waals surface area (Å²) < 4.78 is 19.1. The third-order valence-corrected chi connectivity index (χ3v) is 6.39. The fourth-order valence-electron chi connectivity index (χ4n) is 4.20. The highest BCUT2D eigenvalue weighted by molar-refractivity contribution is 6.32. The molecule has 0 aliphatic carbocycles. The van der Waals surface area contributed by atoms with E-state index in [4.69, 9.17) is 21.4 Å². The second-order valence-electron chi connectivity index (χ2n) is 8.09. The second-order valence-corrected chi connectivity index (χ2v) is 8.50. The molecule has 1 aromatic heterocycles. The van der Waals surface area contributed by atoms with Gasteiger partial charge in [0.2, 0.25) is 0 Å². The van der Waals surface area contributed by atoms with Gasteiger partial charge in [0, 0.05) is 30.4 Å². The number of fused-ring (bicyclic) bond motifs is 1. The number of piperidine rings is 1. The highest BCUT2D eigenvalue weighted by Crippen LogP contribution is 2.33. The van der Waals surface area contributed by atoms with Crippen molar-refractivity contribution in [1.29, 1.82) is 5.26 Å². The summed E-state index contributed by atoms with van der Waals surface area (Å²) in [6, 6.07) is 13.2. The molecule has 1 unspecified atom stereocenters. The van der Waals surface area contributed by atoms with E-state index in [1.54, 1.807) is 19.2 Å². The quantitative estimate of drug-likeness (QED) is 0.478. The maximum Gasteiger partial charge on any atom is 0.159 e. The average molecular weight is 506 g/mol. The lowest BCUT2D eigenvalue weighted by Gasteiger charge is -2.34. The first-order chi connectivity index (χ1) is 16.0. The highest BCUT2D eigenvalue weighted by atomic mass is 35.5. The van der Waals surface area contributed by atoms with Crippen LogP contribution in [0.2, 0.25) is 5.02 Å². The second kappa shape index (κ2) is 11.5. The van der Waals surface area contributed by atoms with Crippen molar-refractivity contribution < 1.29 is 14.2 Å². The van der Waals surface area contributed by atoms with E-state index in [9.17, 15) is 9.65 Å². The number of nitrogens with zero attached hydrogens (tertiary/aromatic N) is 4. The molecule has 0 radical (unpaired) electrons. The first-order valence-electron chi connectivity index (χ1n) is 10.8. The van der Waals surface area contributed by atoms with Crippen LogP contribution in [0, 0.1) is 17.2 Å². The summed E-state index contributed by atoms with van der Waals surface area (Å²) in [5.41, 5.74) is 1.47. The Morgan fingerprint density at radius 1 is 1.24 bits per heavy atom. The Hall–Kier alpha value is -2.86. The minimum Gasteiger partial charge on any atom is -0.495 e. The Bertz CT molecular complexity index is 1180. The Labute approximate surface area is 208 Å². The van der Waals surface area contributed by atoms with E-state index < -0.39 is 12.8 Å². The maximum atomic E-state index is 13.9. The van der Waals surface area contributed by atoms with E-state index >= 15 is 0 Å². The van der Waals surface area contributed by atoms with Crippen LogP contribution >= 0.6 is 24.0 Å². The predicted molar refractivity (Wildman–Crippen MR) is 134 cm³/mol. The number of rotatable bonds is 7. The molecule has 0 spiro atoms. The van der Waals surface area contributed by atoms with Crippen LogP contribution in [-0.4, -0.2) is 48.3 Å². The first-order valence-corrected chi connectivity index (χ1v) is 11.2. The van der Waals surface area contributed by atoms with Crippen molar-refractivity contribution in [2.75, 3.05) is 37.0 Å². The molecule has 4 rings (SSSR count). The SMILES string of the molecule is COc1ccc(CNc2nnc(N3CCC(C(F)CO)CC3)c3ccc(C#N)cc23)cc1Cl.Cl. The number of benzene rings is 2. The summed E-state index contributed by atoms with van der Waals surface area (Å²) in [4.78, 5) is 2.09. The van der Waals surface area contributed by atoms with Gasteiger partial charge < -0.3 is 20.1 Å². The van der Waals surface area contributed by atoms with Gasteiger partial charge in [0.1, 0.15) is 11.9 Å². The number of nitriles is 1. The number of halogens is 3. The van der Waals surface area contributed by atoms with E-state index in [-0.39, 0.29) is 18.3 Å². The van der Waals surface area contributed by atoms with Crippen LogP contribution in [0.25, 0.3) is 10.8 Å². The number of aliphatic hydroxyl groups is 1. The number of hydrogen-bond acceptors (Lipinski definition) is 7. The van der Waals surface area contributed by atoms with E-state index in [0.29, 0.717) is 60.4 Å². The Balaban J connectivity index is 0.00000324. The molecule has 2 aromatic carbocycles. The van der Waals surface area contributed by atoms with Gasteiger partial charge in [-0.1, -0.05) is 17.7 Å². The van der Waals surface area contributed by atoms with Gasteiger partial charge in [-0.2, -0.15) is 5.26 Å². The van der Waals surface area contributed by atoms with Crippen molar-refractivity contribution >= 4 is 46.4 Å². The molecule has 2 N–H and O–H groups in total. The minimum atomic E-state index is -1.19. The lowest BCUT2D eigenvalue weighted by atomic mass is 9.92. The van der Waals surface area contributed by atoms with Crippen molar-refractivity contribution in [3.63, 3.8) is 0 Å². The summed E-state index contributed by atoms with van der Waals surface area (Å²) in [5.74, 6) is 1.74. The van der Waals surface area contributed by atoms with E-state index in [0.717, 1.165) is 16.3 Å². The fraction of sp³-hybridized carbons (Fsp3) is 0.375. The fourth-order valence-corrected chi connectivity index (χ4v) is 4.48. The number of hydrogen-bond donors (Lipinski definition) is 2. The van der Waals surface area contributed by atoms with Crippen molar-refractivity contribution in [3.05, 3.63) is 52.5 Å². The Morgan fingerprint density at radius 2 is 2.00 bits per heavy atom. The number of alkyl halides is 1. The van der Waals surface area contributed by atoms with Crippen molar-refractivity contribution in [2.24, 2.45) is 5.92 Å². The highest BCUT2D eigenvalue weighted by Gasteiger charge is 2.27. The molecule has 34 heavy (non-hydrogen) atoms. The maximum absolute atomic E-state index is 13.9. The first kappa shape index (κ1) is 25.8. The van der Waals surface area contributed by atoms with Gasteiger partial charge in [-0.05, 0) is 54.7 Å². The summed E-state index contributed by atoms with van der Waals surface area (Å²) in [6.45, 7) is 1.29. The van der Waals surface area contributed by atoms with Gasteiger partial charge in [-0.25, -0.2) is 4.39 Å². The lowest BCUT2D eigenvalue weighted by Crippen LogP contribution is -2.38. The third-order valence-electron chi connectivity index (χ3n) is 6.09. The van der Waals surface area contributed by atoms with Gasteiger partial charge in [-0.15, -0.1) is 22.6 Å². The molecule has 2 heterocycles. The molecule has 10 heteroatoms. The monoisotopic (exact) mass is 505 g/mol. The number of methoxy groups -OCH3 is 1. The van der Waals surface area contributed by atoms with Crippen molar-refractivity contribution in [1.82, 2.24) is 10.2 Å². The number of aromatic nitrogens is 2. The van der Waals surface area contributed by atoms with E-state index in [2.05, 4.69) is 26.5 Å². The van der Waals surface area contributed by atoms with E-state index in [1.165, 1.54) is 0 Å². The van der Waals surface area contributed by atoms with Gasteiger partial charge in [0.15, 0.2) is 11.6 Å². The molecule has 1 atom stereocenters. The standard InChI is InChI=1S/C24H25ClFN5O2.ClH/c1-33-22-5-3-16(11-20(22)25)13-28-23-19-10-15(12-27)2-4-18(19)24(30-29-23)31-8-6-17(7-9-31)21(26)14-32;/h2-5,10-11,17,21,32H,6-9,13-14H2,1H3,(H,28,29);1H. The van der Waals surface area contributed by atoms with Gasteiger partial charge in [0.05, 0.1) is 30.4 Å². The Kier molecular flexibility index (Phi) is 8.72. The molecule has 1 aliphatic rings. The third kappa shape index (κ3) is 5.44. The zero-order chi connectivity index (χ0) is 23.4. The number of aliphatic hydroxyl groups excluding tert-OH is 1. The molecule has 3 aromatic rings. The summed E-state index contributed by atoms with van der Waals surface area (Å²) >= 11 is 6.23. The zero-order valence-corrected chi connectivity index (χ0v) is 20.2. The molecule has 0 bridgehead atoms. The van der Waals surface area contributed by atoms with E-state index in [1.807, 2.05) is 24.3 Å². The van der Waals surface area contributed by atoms with Crippen LogP contribution in [0.4, 0.5) is 16.0 Å². The smallest absolute Gasteiger partial charge is 0.159 e. The van der Waals surface area contributed by atoms with Gasteiger partial charge in [-0.3, -0.25) is 0 Å². The summed E-state index contributed by atoms with van der Waals surface area (Å²) in [5, 5.41) is 32.9. The topological polar surface area (TPSA) is 94.3 Å². The largest absolute Gasteiger partial charge is 0.495 e. The normalized spacial score (nSPS) is 14.9. The summed E-state index contributed by atoms with van der Waals surface area (Å²) in [6.07, 6.45) is 0.0879. The van der Waals surface area contributed by atoms with Crippen LogP contribution in [0.15, 0.2) is 36.4 Å². The average Bonchev–Trinajstić information content (AvgIpc) is 2.86. The lowest BCUT2D eigenvalue weighted by molar-refractivity contribution is 0.112. The van der Waals surface area contributed by atoms with Gasteiger partial charge >= 0.3 is 0 Å². The van der Waals surface area contributed by atoms with Crippen LogP contribution in [-0.2, 0) is 6.54 Å². The number of ether oxygens (including phenoxy) is 1. The van der Waals surface area contributed by atoms with Crippen LogP contribution in [0.3, 0.4) is 0 Å². The molecule has 180 valence electrons. The van der Waals surface area contributed by atoms with Crippen LogP contribution in [0.1, 0.15) is 24.0 Å². The van der Waals surface area contributed by atoms with Crippen molar-refractivity contribution in [3.8, 4) is 11.8 Å². The molecule has 1 aliphatic heterocycles. The number of anilines is 2. The van der Waals surface area contributed by atoms with Crippen LogP contribution in [0.5, 0.6) is 5.75 Å². The minimum absolute atomic E-state index is 0. The molecule has 7 nitrogen and oxygen atoms in total.